The molecule has 0 aliphatic carbocycles. The van der Waals surface area contributed by atoms with Gasteiger partial charge >= 0.3 is 0 Å². The van der Waals surface area contributed by atoms with Crippen LogP contribution in [0.5, 0.6) is 0 Å². The molecule has 0 aromatic rings. The molecule has 1 aliphatic rings. The van der Waals surface area contributed by atoms with Crippen LogP contribution in [0.2, 0.25) is 0 Å². The van der Waals surface area contributed by atoms with Gasteiger partial charge in [0, 0.05) is 31.7 Å². The molecule has 2 nitrogen and oxygen atoms in total. The zero-order valence-corrected chi connectivity index (χ0v) is 15.7. The van der Waals surface area contributed by atoms with Gasteiger partial charge in [-0.3, -0.25) is 4.90 Å². The van der Waals surface area contributed by atoms with Gasteiger partial charge in [-0.2, -0.15) is 0 Å². The molecule has 0 aromatic carbocycles. The van der Waals surface area contributed by atoms with E-state index in [1.165, 1.54) is 26.2 Å². The van der Waals surface area contributed by atoms with Gasteiger partial charge in [-0.1, -0.05) is 48.5 Å². The third-order valence-corrected chi connectivity index (χ3v) is 7.26. The van der Waals surface area contributed by atoms with Crippen LogP contribution in [0.25, 0.3) is 0 Å². The Hall–Kier alpha value is -0.0800. The van der Waals surface area contributed by atoms with Gasteiger partial charge in [0.2, 0.25) is 0 Å². The molecule has 1 heterocycles. The minimum atomic E-state index is 0.199. The van der Waals surface area contributed by atoms with Crippen LogP contribution >= 0.6 is 0 Å². The normalized spacial score (nSPS) is 21.3. The topological polar surface area (TPSA) is 6.48 Å². The van der Waals surface area contributed by atoms with E-state index in [1.54, 1.807) is 0 Å². The first-order chi connectivity index (χ1) is 8.75. The van der Waals surface area contributed by atoms with Crippen molar-refractivity contribution in [3.63, 3.8) is 0 Å². The maximum Gasteiger partial charge on any atom is 0.0210 e. The lowest BCUT2D eigenvalue weighted by molar-refractivity contribution is -0.118. The minimum absolute atomic E-state index is 0.199. The molecule has 0 aromatic heterocycles. The van der Waals surface area contributed by atoms with E-state index < -0.39 is 0 Å². The minimum Gasteiger partial charge on any atom is -0.304 e. The summed E-state index contributed by atoms with van der Waals surface area (Å²) in [7, 11) is 2.23. The van der Waals surface area contributed by atoms with E-state index in [4.69, 9.17) is 0 Å². The monoisotopic (exact) mass is 282 g/mol. The van der Waals surface area contributed by atoms with Crippen LogP contribution in [0, 0.1) is 16.2 Å². The van der Waals surface area contributed by atoms with Gasteiger partial charge in [0.05, 0.1) is 0 Å². The van der Waals surface area contributed by atoms with Crippen molar-refractivity contribution in [1.29, 1.82) is 0 Å². The second-order valence-corrected chi connectivity index (χ2v) is 9.35. The lowest BCUT2D eigenvalue weighted by Gasteiger charge is -2.61. The summed E-state index contributed by atoms with van der Waals surface area (Å²) >= 11 is 0. The number of nitrogens with zero attached hydrogens (tertiary/aromatic N) is 2. The highest BCUT2D eigenvalue weighted by Gasteiger charge is 2.54. The molecule has 1 saturated heterocycles. The van der Waals surface area contributed by atoms with E-state index in [0.29, 0.717) is 5.41 Å². The molecular weight excluding hydrogens is 244 g/mol. The first kappa shape index (κ1) is 18.0. The lowest BCUT2D eigenvalue weighted by atomic mass is 9.49. The van der Waals surface area contributed by atoms with Crippen molar-refractivity contribution in [2.45, 2.75) is 67.9 Å². The highest BCUT2D eigenvalue weighted by atomic mass is 15.3. The van der Waals surface area contributed by atoms with Gasteiger partial charge in [-0.25, -0.2) is 0 Å². The van der Waals surface area contributed by atoms with Crippen LogP contribution in [0.15, 0.2) is 0 Å². The fourth-order valence-corrected chi connectivity index (χ4v) is 3.46. The molecule has 1 fully saturated rings. The Morgan fingerprint density at radius 2 is 1.00 bits per heavy atom. The SMILES string of the molecule is CN1CCN(C(C)(C)C(C)(C)C(C)(C)C(C)(C)C)CC1. The maximum atomic E-state index is 2.71. The number of rotatable bonds is 3. The van der Waals surface area contributed by atoms with E-state index in [9.17, 15) is 0 Å². The highest BCUT2D eigenvalue weighted by Crippen LogP contribution is 2.57. The van der Waals surface area contributed by atoms with E-state index in [1.807, 2.05) is 0 Å². The Morgan fingerprint density at radius 3 is 1.35 bits per heavy atom. The van der Waals surface area contributed by atoms with Crippen molar-refractivity contribution in [3.05, 3.63) is 0 Å². The molecule has 0 radical (unpaired) electrons. The smallest absolute Gasteiger partial charge is 0.0210 e. The Balaban J connectivity index is 3.06. The summed E-state index contributed by atoms with van der Waals surface area (Å²) in [6, 6.07) is 0. The van der Waals surface area contributed by atoms with E-state index in [2.05, 4.69) is 79.2 Å². The standard InChI is InChI=1S/C18H38N2/c1-15(2,3)16(4,5)17(6,7)18(8,9)20-13-11-19(10)12-14-20/h11-14H2,1-10H3. The summed E-state index contributed by atoms with van der Waals surface area (Å²) < 4.78 is 0. The van der Waals surface area contributed by atoms with Crippen LogP contribution in [-0.2, 0) is 0 Å². The first-order valence-corrected chi connectivity index (χ1v) is 8.19. The molecule has 0 spiro atoms. The lowest BCUT2D eigenvalue weighted by Crippen LogP contribution is -2.64. The van der Waals surface area contributed by atoms with Crippen molar-refractivity contribution in [2.24, 2.45) is 16.2 Å². The Bertz CT molecular complexity index is 326. The van der Waals surface area contributed by atoms with Gasteiger partial charge in [-0.05, 0) is 37.1 Å². The molecule has 0 atom stereocenters. The summed E-state index contributed by atoms with van der Waals surface area (Å²) in [4.78, 5) is 5.15. The van der Waals surface area contributed by atoms with Crippen molar-refractivity contribution in [3.8, 4) is 0 Å². The zero-order valence-electron chi connectivity index (χ0n) is 15.7. The molecule has 2 heteroatoms. The van der Waals surface area contributed by atoms with Crippen LogP contribution in [-0.4, -0.2) is 48.6 Å². The zero-order chi connectivity index (χ0) is 16.0. The van der Waals surface area contributed by atoms with Crippen LogP contribution in [0.3, 0.4) is 0 Å². The molecule has 0 unspecified atom stereocenters. The summed E-state index contributed by atoms with van der Waals surface area (Å²) in [5.41, 5.74) is 0.979. The summed E-state index contributed by atoms with van der Waals surface area (Å²) in [6.45, 7) is 26.6. The Morgan fingerprint density at radius 1 is 0.600 bits per heavy atom. The molecule has 1 rings (SSSR count). The Labute approximate surface area is 127 Å². The molecule has 20 heavy (non-hydrogen) atoms. The van der Waals surface area contributed by atoms with Gasteiger partial charge in [0.15, 0.2) is 0 Å². The van der Waals surface area contributed by atoms with Crippen LogP contribution in [0.1, 0.15) is 62.3 Å². The van der Waals surface area contributed by atoms with Crippen molar-refractivity contribution in [2.75, 3.05) is 33.2 Å². The number of piperazine rings is 1. The van der Waals surface area contributed by atoms with E-state index in [0.717, 1.165) is 0 Å². The van der Waals surface area contributed by atoms with Gasteiger partial charge in [0.1, 0.15) is 0 Å². The van der Waals surface area contributed by atoms with Gasteiger partial charge in [0.25, 0.3) is 0 Å². The van der Waals surface area contributed by atoms with E-state index >= 15 is 0 Å². The van der Waals surface area contributed by atoms with Crippen LogP contribution in [0.4, 0.5) is 0 Å². The average molecular weight is 283 g/mol. The second-order valence-electron chi connectivity index (χ2n) is 9.35. The number of likely N-dealkylation sites (N-methyl/N-ethyl adjacent to an activating group) is 1. The largest absolute Gasteiger partial charge is 0.304 e. The second kappa shape index (κ2) is 5.28. The quantitative estimate of drug-likeness (QED) is 0.768. The molecule has 120 valence electrons. The molecule has 0 bridgehead atoms. The predicted molar refractivity (Wildman–Crippen MR) is 90.2 cm³/mol. The highest BCUT2D eigenvalue weighted by molar-refractivity contribution is 5.06. The third-order valence-electron chi connectivity index (χ3n) is 7.26. The van der Waals surface area contributed by atoms with Crippen LogP contribution < -0.4 is 0 Å². The third kappa shape index (κ3) is 2.78. The maximum absolute atomic E-state index is 2.71. The van der Waals surface area contributed by atoms with Gasteiger partial charge in [-0.15, -0.1) is 0 Å². The molecule has 0 saturated carbocycles. The summed E-state index contributed by atoms with van der Waals surface area (Å²) in [6.07, 6.45) is 0. The van der Waals surface area contributed by atoms with Crippen molar-refractivity contribution >= 4 is 0 Å². The molecule has 1 aliphatic heterocycles. The number of hydrogen-bond donors (Lipinski definition) is 0. The molecule has 0 amide bonds. The van der Waals surface area contributed by atoms with E-state index in [-0.39, 0.29) is 16.4 Å². The van der Waals surface area contributed by atoms with Crippen molar-refractivity contribution < 1.29 is 0 Å². The first-order valence-electron chi connectivity index (χ1n) is 8.19. The summed E-state index contributed by atoms with van der Waals surface area (Å²) in [5, 5.41) is 0. The molecular formula is C18H38N2. The number of hydrogen-bond acceptors (Lipinski definition) is 2. The van der Waals surface area contributed by atoms with Gasteiger partial charge < -0.3 is 4.90 Å². The summed E-state index contributed by atoms with van der Waals surface area (Å²) in [5.74, 6) is 0. The Kier molecular flexibility index (Phi) is 4.74. The average Bonchev–Trinajstić information content (AvgIpc) is 2.27. The fourth-order valence-electron chi connectivity index (χ4n) is 3.46. The predicted octanol–water partition coefficient (Wildman–Crippen LogP) is 4.11. The molecule has 0 N–H and O–H groups in total. The van der Waals surface area contributed by atoms with Crippen molar-refractivity contribution in [1.82, 2.24) is 9.80 Å². The fraction of sp³-hybridized carbons (Fsp3) is 1.00.